The van der Waals surface area contributed by atoms with E-state index in [1.165, 1.54) is 12.8 Å². The maximum absolute atomic E-state index is 13.3. The number of pyridine rings is 1. The van der Waals surface area contributed by atoms with Crippen LogP contribution in [0.2, 0.25) is 10.0 Å². The van der Waals surface area contributed by atoms with Crippen LogP contribution in [0.4, 0.5) is 0 Å². The summed E-state index contributed by atoms with van der Waals surface area (Å²) in [4.78, 5) is 18.3. The second kappa shape index (κ2) is 8.49. The van der Waals surface area contributed by atoms with Crippen LogP contribution >= 0.6 is 34.5 Å². The lowest BCUT2D eigenvalue weighted by atomic mass is 10.0. The Hall–Kier alpha value is -2.64. The normalized spacial score (nSPS) is 14.8. The number of fused-ring (bicyclic) bond motifs is 3. The van der Waals surface area contributed by atoms with Gasteiger partial charge in [-0.25, -0.2) is 4.98 Å². The van der Waals surface area contributed by atoms with Gasteiger partial charge in [0.15, 0.2) is 0 Å². The first-order chi connectivity index (χ1) is 16.9. The molecular weight excluding hydrogens is 501 g/mol. The van der Waals surface area contributed by atoms with Gasteiger partial charge < -0.3 is 9.30 Å². The van der Waals surface area contributed by atoms with Crippen molar-refractivity contribution in [3.63, 3.8) is 0 Å². The molecule has 1 saturated carbocycles. The van der Waals surface area contributed by atoms with E-state index in [2.05, 4.69) is 28.1 Å². The summed E-state index contributed by atoms with van der Waals surface area (Å²) in [5.41, 5.74) is 4.98. The van der Waals surface area contributed by atoms with Gasteiger partial charge in [0.2, 0.25) is 0 Å². The zero-order valence-corrected chi connectivity index (χ0v) is 21.8. The molecule has 1 fully saturated rings. The first kappa shape index (κ1) is 22.8. The van der Waals surface area contributed by atoms with E-state index in [4.69, 9.17) is 32.9 Å². The van der Waals surface area contributed by atoms with E-state index in [0.717, 1.165) is 38.2 Å². The third kappa shape index (κ3) is 3.71. The minimum Gasteiger partial charge on any atom is -0.374 e. The minimum atomic E-state index is -0.109. The molecule has 3 heterocycles. The van der Waals surface area contributed by atoms with Gasteiger partial charge in [-0.15, -0.1) is 11.3 Å². The lowest BCUT2D eigenvalue weighted by molar-refractivity contribution is 0.0844. The molecule has 0 bridgehead atoms. The molecule has 6 rings (SSSR count). The molecular formula is C27H23Cl2N3O2S. The number of methoxy groups -OCH3 is 1. The molecule has 0 amide bonds. The maximum Gasteiger partial charge on any atom is 0.259 e. The van der Waals surface area contributed by atoms with Gasteiger partial charge in [0.1, 0.15) is 16.8 Å². The van der Waals surface area contributed by atoms with E-state index in [0.29, 0.717) is 27.1 Å². The Balaban J connectivity index is 1.54. The van der Waals surface area contributed by atoms with E-state index in [9.17, 15) is 4.79 Å². The summed E-state index contributed by atoms with van der Waals surface area (Å²) in [5.74, 6) is 0.582. The van der Waals surface area contributed by atoms with Gasteiger partial charge in [-0.05, 0) is 49.1 Å². The quantitative estimate of drug-likeness (QED) is 0.244. The first-order valence-electron chi connectivity index (χ1n) is 11.4. The van der Waals surface area contributed by atoms with Gasteiger partial charge in [0.05, 0.1) is 16.2 Å². The highest BCUT2D eigenvalue weighted by Crippen LogP contribution is 2.44. The smallest absolute Gasteiger partial charge is 0.259 e. The van der Waals surface area contributed by atoms with Gasteiger partial charge in [-0.1, -0.05) is 35.3 Å². The number of thiazole rings is 1. The topological polar surface area (TPSA) is 49.0 Å². The van der Waals surface area contributed by atoms with Gasteiger partial charge in [0.25, 0.3) is 5.56 Å². The van der Waals surface area contributed by atoms with Gasteiger partial charge in [-0.2, -0.15) is 0 Å². The molecule has 0 N–H and O–H groups in total. The molecule has 1 unspecified atom stereocenters. The molecule has 5 nitrogen and oxygen atoms in total. The molecule has 0 radical (unpaired) electrons. The second-order valence-corrected chi connectivity index (χ2v) is 10.9. The molecule has 1 aliphatic rings. The molecule has 0 spiro atoms. The molecule has 5 aromatic rings. The van der Waals surface area contributed by atoms with Crippen LogP contribution in [0, 0.1) is 5.92 Å². The SMILES string of the molecule is COC(c1nc(-c2ccc3c(c2)c2cc(-c4ccc(Cl)cc4Cl)c(=O)n(C)c2n3C)cs1)C1CC1. The van der Waals surface area contributed by atoms with Crippen LogP contribution in [-0.2, 0) is 18.8 Å². The fraction of sp³-hybridized carbons (Fsp3) is 0.259. The number of nitrogens with zero attached hydrogens (tertiary/aromatic N) is 3. The highest BCUT2D eigenvalue weighted by Gasteiger charge is 2.34. The van der Waals surface area contributed by atoms with Crippen LogP contribution < -0.4 is 5.56 Å². The average molecular weight is 524 g/mol. The fourth-order valence-electron chi connectivity index (χ4n) is 5.00. The van der Waals surface area contributed by atoms with E-state index in [1.54, 1.807) is 48.3 Å². The Morgan fingerprint density at radius 3 is 2.54 bits per heavy atom. The molecule has 8 heteroatoms. The van der Waals surface area contributed by atoms with Gasteiger partial charge >= 0.3 is 0 Å². The van der Waals surface area contributed by atoms with E-state index >= 15 is 0 Å². The molecule has 0 aliphatic heterocycles. The number of aromatic nitrogens is 3. The monoisotopic (exact) mass is 523 g/mol. The van der Waals surface area contributed by atoms with Crippen LogP contribution in [-0.4, -0.2) is 21.2 Å². The molecule has 35 heavy (non-hydrogen) atoms. The Bertz CT molecular complexity index is 1680. The largest absolute Gasteiger partial charge is 0.374 e. The molecule has 0 saturated heterocycles. The zero-order chi connectivity index (χ0) is 24.4. The Morgan fingerprint density at radius 1 is 1.03 bits per heavy atom. The fourth-order valence-corrected chi connectivity index (χ4v) is 6.50. The third-order valence-electron chi connectivity index (χ3n) is 6.93. The average Bonchev–Trinajstić information content (AvgIpc) is 3.48. The van der Waals surface area contributed by atoms with Crippen molar-refractivity contribution in [1.82, 2.24) is 14.1 Å². The number of ether oxygens (including phenoxy) is 1. The van der Waals surface area contributed by atoms with E-state index < -0.39 is 0 Å². The third-order valence-corrected chi connectivity index (χ3v) is 8.39. The van der Waals surface area contributed by atoms with Gasteiger partial charge in [-0.3, -0.25) is 9.36 Å². The number of halogens is 2. The van der Waals surface area contributed by atoms with Gasteiger partial charge in [0, 0.05) is 59.1 Å². The standard InChI is InChI=1S/C27H23Cl2N3O2S/c1-31-23-9-6-15(22-13-35-25(30-22)24(34-3)14-4-5-14)10-18(23)19-12-20(27(33)32(2)26(19)31)17-8-7-16(28)11-21(17)29/h6-14,24H,4-5H2,1-3H3. The van der Waals surface area contributed by atoms with Crippen molar-refractivity contribution in [2.75, 3.05) is 7.11 Å². The van der Waals surface area contributed by atoms with Crippen LogP contribution in [0.1, 0.15) is 24.0 Å². The van der Waals surface area contributed by atoms with Crippen molar-refractivity contribution in [2.24, 2.45) is 20.0 Å². The Labute approximate surface area is 216 Å². The van der Waals surface area contributed by atoms with Crippen LogP contribution in [0.3, 0.4) is 0 Å². The first-order valence-corrected chi connectivity index (χ1v) is 13.1. The molecule has 1 aliphatic carbocycles. The Kier molecular flexibility index (Phi) is 5.53. The van der Waals surface area contributed by atoms with Crippen molar-refractivity contribution in [3.8, 4) is 22.4 Å². The lowest BCUT2D eigenvalue weighted by Gasteiger charge is -2.10. The maximum atomic E-state index is 13.3. The highest BCUT2D eigenvalue weighted by molar-refractivity contribution is 7.10. The number of hydrogen-bond acceptors (Lipinski definition) is 4. The molecule has 1 atom stereocenters. The van der Waals surface area contributed by atoms with Crippen molar-refractivity contribution in [1.29, 1.82) is 0 Å². The molecule has 178 valence electrons. The molecule has 2 aromatic carbocycles. The minimum absolute atomic E-state index is 0.0799. The summed E-state index contributed by atoms with van der Waals surface area (Å²) >= 11 is 14.2. The summed E-state index contributed by atoms with van der Waals surface area (Å²) in [7, 11) is 5.55. The lowest BCUT2D eigenvalue weighted by Crippen LogP contribution is -2.20. The zero-order valence-electron chi connectivity index (χ0n) is 19.5. The predicted molar refractivity (Wildman–Crippen MR) is 145 cm³/mol. The van der Waals surface area contributed by atoms with Crippen molar-refractivity contribution >= 4 is 56.5 Å². The number of benzene rings is 2. The van der Waals surface area contributed by atoms with Crippen molar-refractivity contribution in [3.05, 3.63) is 73.3 Å². The van der Waals surface area contributed by atoms with Crippen LogP contribution in [0.15, 0.2) is 52.6 Å². The number of rotatable bonds is 5. The van der Waals surface area contributed by atoms with E-state index in [1.807, 2.05) is 13.1 Å². The highest BCUT2D eigenvalue weighted by atomic mass is 35.5. The number of aryl methyl sites for hydroxylation is 2. The van der Waals surface area contributed by atoms with Crippen LogP contribution in [0.25, 0.3) is 44.3 Å². The van der Waals surface area contributed by atoms with Crippen molar-refractivity contribution < 1.29 is 4.74 Å². The summed E-state index contributed by atoms with van der Waals surface area (Å²) < 4.78 is 9.48. The summed E-state index contributed by atoms with van der Waals surface area (Å²) in [6.07, 6.45) is 2.48. The van der Waals surface area contributed by atoms with Crippen molar-refractivity contribution in [2.45, 2.75) is 18.9 Å². The predicted octanol–water partition coefficient (Wildman–Crippen LogP) is 7.23. The number of hydrogen-bond donors (Lipinski definition) is 0. The second-order valence-electron chi connectivity index (χ2n) is 9.14. The summed E-state index contributed by atoms with van der Waals surface area (Å²) in [6, 6.07) is 13.5. The summed E-state index contributed by atoms with van der Waals surface area (Å²) in [5, 5.41) is 6.16. The molecule has 3 aromatic heterocycles. The summed E-state index contributed by atoms with van der Waals surface area (Å²) in [6.45, 7) is 0. The Morgan fingerprint density at radius 2 is 1.83 bits per heavy atom. The van der Waals surface area contributed by atoms with Crippen LogP contribution in [0.5, 0.6) is 0 Å². The van der Waals surface area contributed by atoms with E-state index in [-0.39, 0.29) is 11.7 Å².